The average molecular weight is 399 g/mol. The molecule has 30 heavy (non-hydrogen) atoms. The topological polar surface area (TPSA) is 61.4 Å². The molecule has 3 aromatic rings. The number of fused-ring (bicyclic) bond motifs is 1. The Morgan fingerprint density at radius 1 is 0.933 bits per heavy atom. The van der Waals surface area contributed by atoms with Crippen LogP contribution in [0.15, 0.2) is 54.7 Å². The van der Waals surface area contributed by atoms with Gasteiger partial charge in [0.2, 0.25) is 5.95 Å². The fourth-order valence-corrected chi connectivity index (χ4v) is 4.24. The lowest BCUT2D eigenvalue weighted by molar-refractivity contribution is -0.117. The Balaban J connectivity index is 1.33. The van der Waals surface area contributed by atoms with E-state index in [0.29, 0.717) is 18.8 Å². The summed E-state index contributed by atoms with van der Waals surface area (Å²) in [5.41, 5.74) is 6.28. The third-order valence-electron chi connectivity index (χ3n) is 5.96. The van der Waals surface area contributed by atoms with E-state index in [2.05, 4.69) is 51.4 Å². The van der Waals surface area contributed by atoms with E-state index >= 15 is 0 Å². The Labute approximate surface area is 176 Å². The van der Waals surface area contributed by atoms with E-state index in [-0.39, 0.29) is 5.78 Å². The number of piperazine rings is 1. The van der Waals surface area contributed by atoms with Crippen LogP contribution in [0.2, 0.25) is 0 Å². The van der Waals surface area contributed by atoms with Gasteiger partial charge in [0.1, 0.15) is 5.78 Å². The van der Waals surface area contributed by atoms with E-state index < -0.39 is 0 Å². The van der Waals surface area contributed by atoms with Gasteiger partial charge in [-0.15, -0.1) is 0 Å². The summed E-state index contributed by atoms with van der Waals surface area (Å²) in [5, 5.41) is 3.31. The van der Waals surface area contributed by atoms with E-state index in [1.165, 1.54) is 5.69 Å². The number of carbonyl (C=O) groups is 1. The highest BCUT2D eigenvalue weighted by atomic mass is 16.1. The van der Waals surface area contributed by atoms with E-state index in [1.807, 2.05) is 24.3 Å². The normalized spacial score (nSPS) is 16.6. The zero-order valence-electron chi connectivity index (χ0n) is 17.1. The van der Waals surface area contributed by atoms with Gasteiger partial charge in [0.05, 0.1) is 5.69 Å². The number of hydrogen-bond acceptors (Lipinski definition) is 6. The maximum atomic E-state index is 11.9. The molecule has 0 unspecified atom stereocenters. The maximum Gasteiger partial charge on any atom is 0.227 e. The number of rotatable bonds is 4. The molecule has 1 aromatic heterocycles. The van der Waals surface area contributed by atoms with E-state index in [4.69, 9.17) is 4.98 Å². The van der Waals surface area contributed by atoms with Crippen molar-refractivity contribution < 1.29 is 4.79 Å². The first kappa shape index (κ1) is 18.8. The molecule has 0 saturated carbocycles. The molecular formula is C24H25N5O. The number of aromatic nitrogens is 2. The zero-order chi connectivity index (χ0) is 20.5. The molecule has 0 radical (unpaired) electrons. The van der Waals surface area contributed by atoms with Gasteiger partial charge in [0, 0.05) is 62.2 Å². The highest BCUT2D eigenvalue weighted by Gasteiger charge is 2.22. The Morgan fingerprint density at radius 3 is 2.53 bits per heavy atom. The SMILES string of the molecule is CN1CCN(c2ccc(Nc3nccc(-c4cccc5c4CC(=O)C5)n3)cc2)CC1. The number of ketones is 1. The van der Waals surface area contributed by atoms with E-state index in [9.17, 15) is 4.79 Å². The summed E-state index contributed by atoms with van der Waals surface area (Å²) in [6, 6.07) is 16.4. The number of carbonyl (C=O) groups excluding carboxylic acids is 1. The van der Waals surface area contributed by atoms with Gasteiger partial charge < -0.3 is 15.1 Å². The zero-order valence-corrected chi connectivity index (χ0v) is 17.1. The Hall–Kier alpha value is -3.25. The highest BCUT2D eigenvalue weighted by Crippen LogP contribution is 2.30. The van der Waals surface area contributed by atoms with Crippen LogP contribution in [0, 0.1) is 0 Å². The fourth-order valence-electron chi connectivity index (χ4n) is 4.24. The Bertz CT molecular complexity index is 1070. The molecule has 1 N–H and O–H groups in total. The van der Waals surface area contributed by atoms with Crippen LogP contribution in [0.1, 0.15) is 11.1 Å². The van der Waals surface area contributed by atoms with Gasteiger partial charge in [-0.05, 0) is 48.5 Å². The second-order valence-corrected chi connectivity index (χ2v) is 8.06. The van der Waals surface area contributed by atoms with Crippen molar-refractivity contribution in [2.75, 3.05) is 43.4 Å². The number of Topliss-reactive ketones (excluding diaryl/α,β-unsaturated/α-hetero) is 1. The van der Waals surface area contributed by atoms with Gasteiger partial charge in [-0.3, -0.25) is 4.79 Å². The molecule has 0 bridgehead atoms. The van der Waals surface area contributed by atoms with Gasteiger partial charge in [-0.2, -0.15) is 0 Å². The summed E-state index contributed by atoms with van der Waals surface area (Å²) >= 11 is 0. The standard InChI is InChI=1S/C24H25N5O/c1-28-11-13-29(14-12-28)19-7-5-18(6-8-19)26-24-25-10-9-23(27-24)21-4-2-3-17-15-20(30)16-22(17)21/h2-10H,11-16H2,1H3,(H,25,26,27). The van der Waals surface area contributed by atoms with Gasteiger partial charge >= 0.3 is 0 Å². The van der Waals surface area contributed by atoms with Crippen LogP contribution in [0.4, 0.5) is 17.3 Å². The third-order valence-corrected chi connectivity index (χ3v) is 5.96. The average Bonchev–Trinajstić information content (AvgIpc) is 3.15. The molecule has 2 aliphatic rings. The van der Waals surface area contributed by atoms with E-state index in [0.717, 1.165) is 54.3 Å². The lowest BCUT2D eigenvalue weighted by atomic mass is 10.0. The summed E-state index contributed by atoms with van der Waals surface area (Å²) in [6.45, 7) is 4.29. The van der Waals surface area contributed by atoms with Gasteiger partial charge in [0.15, 0.2) is 0 Å². The number of hydrogen-bond donors (Lipinski definition) is 1. The minimum atomic E-state index is 0.269. The highest BCUT2D eigenvalue weighted by molar-refractivity contribution is 5.91. The summed E-state index contributed by atoms with van der Waals surface area (Å²) in [7, 11) is 2.17. The number of likely N-dealkylation sites (N-methyl/N-ethyl adjacent to an activating group) is 1. The molecule has 0 atom stereocenters. The van der Waals surface area contributed by atoms with Crippen molar-refractivity contribution in [3.63, 3.8) is 0 Å². The van der Waals surface area contributed by atoms with Crippen LogP contribution in [0.25, 0.3) is 11.3 Å². The Kier molecular flexibility index (Phi) is 4.93. The second-order valence-electron chi connectivity index (χ2n) is 8.06. The lowest BCUT2D eigenvalue weighted by Crippen LogP contribution is -2.44. The van der Waals surface area contributed by atoms with Gasteiger partial charge in [-0.25, -0.2) is 9.97 Å². The van der Waals surface area contributed by atoms with Crippen molar-refractivity contribution in [2.24, 2.45) is 0 Å². The van der Waals surface area contributed by atoms with Crippen molar-refractivity contribution in [1.29, 1.82) is 0 Å². The number of nitrogens with zero attached hydrogens (tertiary/aromatic N) is 4. The molecule has 0 spiro atoms. The lowest BCUT2D eigenvalue weighted by Gasteiger charge is -2.34. The molecule has 2 aromatic carbocycles. The first-order valence-corrected chi connectivity index (χ1v) is 10.4. The quantitative estimate of drug-likeness (QED) is 0.726. The number of anilines is 3. The second kappa shape index (κ2) is 7.88. The molecule has 1 aliphatic carbocycles. The summed E-state index contributed by atoms with van der Waals surface area (Å²) in [6.07, 6.45) is 2.78. The van der Waals surface area contributed by atoms with Crippen LogP contribution in [-0.2, 0) is 17.6 Å². The molecule has 1 aliphatic heterocycles. The van der Waals surface area contributed by atoms with Crippen LogP contribution in [0.3, 0.4) is 0 Å². The van der Waals surface area contributed by atoms with Crippen LogP contribution in [0.5, 0.6) is 0 Å². The van der Waals surface area contributed by atoms with Crippen molar-refractivity contribution in [2.45, 2.75) is 12.8 Å². The minimum Gasteiger partial charge on any atom is -0.369 e. The smallest absolute Gasteiger partial charge is 0.227 e. The molecule has 1 saturated heterocycles. The van der Waals surface area contributed by atoms with Crippen molar-refractivity contribution in [3.05, 3.63) is 65.9 Å². The van der Waals surface area contributed by atoms with E-state index in [1.54, 1.807) is 6.20 Å². The van der Waals surface area contributed by atoms with Crippen LogP contribution in [-0.4, -0.2) is 53.9 Å². The molecule has 2 heterocycles. The molecule has 152 valence electrons. The minimum absolute atomic E-state index is 0.269. The van der Waals surface area contributed by atoms with Crippen LogP contribution < -0.4 is 10.2 Å². The Morgan fingerprint density at radius 2 is 1.73 bits per heavy atom. The third kappa shape index (κ3) is 3.78. The predicted octanol–water partition coefficient (Wildman–Crippen LogP) is 3.31. The molecule has 5 rings (SSSR count). The first-order chi connectivity index (χ1) is 14.7. The van der Waals surface area contributed by atoms with Crippen LogP contribution >= 0.6 is 0 Å². The monoisotopic (exact) mass is 399 g/mol. The first-order valence-electron chi connectivity index (χ1n) is 10.4. The van der Waals surface area contributed by atoms with Crippen molar-refractivity contribution >= 4 is 23.1 Å². The molecule has 6 heteroatoms. The van der Waals surface area contributed by atoms with Gasteiger partial charge in [0.25, 0.3) is 0 Å². The number of benzene rings is 2. The van der Waals surface area contributed by atoms with Gasteiger partial charge in [-0.1, -0.05) is 18.2 Å². The largest absolute Gasteiger partial charge is 0.369 e. The maximum absolute atomic E-state index is 11.9. The fraction of sp³-hybridized carbons (Fsp3) is 0.292. The molecule has 0 amide bonds. The summed E-state index contributed by atoms with van der Waals surface area (Å²) in [5.74, 6) is 0.826. The molecule has 1 fully saturated rings. The van der Waals surface area contributed by atoms with Crippen molar-refractivity contribution in [3.8, 4) is 11.3 Å². The van der Waals surface area contributed by atoms with Crippen molar-refractivity contribution in [1.82, 2.24) is 14.9 Å². The summed E-state index contributed by atoms with van der Waals surface area (Å²) in [4.78, 5) is 25.8. The predicted molar refractivity (Wildman–Crippen MR) is 119 cm³/mol. The molecular weight excluding hydrogens is 374 g/mol. The molecule has 6 nitrogen and oxygen atoms in total. The number of nitrogens with one attached hydrogen (secondary N) is 1. The summed E-state index contributed by atoms with van der Waals surface area (Å²) < 4.78 is 0.